The number of amides is 2. The van der Waals surface area contributed by atoms with Crippen molar-refractivity contribution < 1.29 is 19.1 Å². The van der Waals surface area contributed by atoms with E-state index < -0.39 is 11.2 Å². The molecular formula is C25H46N2O4. The first-order chi connectivity index (χ1) is 13.9. The molecule has 0 spiro atoms. The van der Waals surface area contributed by atoms with Crippen LogP contribution < -0.4 is 0 Å². The van der Waals surface area contributed by atoms with Crippen LogP contribution in [-0.4, -0.2) is 59.4 Å². The molecule has 2 amide bonds. The molecule has 0 radical (unpaired) electrons. The van der Waals surface area contributed by atoms with Gasteiger partial charge in [-0.05, 0) is 76.5 Å². The van der Waals surface area contributed by atoms with E-state index in [1.165, 1.54) is 0 Å². The largest absolute Gasteiger partial charge is 0.444 e. The topological polar surface area (TPSA) is 59.1 Å². The predicted molar refractivity (Wildman–Crippen MR) is 124 cm³/mol. The molecule has 1 atom stereocenters. The molecule has 0 saturated carbocycles. The molecule has 0 aromatic heterocycles. The fraction of sp³-hybridized carbons (Fsp3) is 0.920. The van der Waals surface area contributed by atoms with E-state index in [4.69, 9.17) is 9.47 Å². The van der Waals surface area contributed by atoms with Crippen molar-refractivity contribution in [2.24, 2.45) is 22.7 Å². The van der Waals surface area contributed by atoms with Crippen LogP contribution in [0.25, 0.3) is 0 Å². The van der Waals surface area contributed by atoms with Gasteiger partial charge in [0, 0.05) is 26.2 Å². The van der Waals surface area contributed by atoms with Gasteiger partial charge in [-0.1, -0.05) is 34.6 Å². The standard InChI is InChI=1S/C25H46N2O4/c1-22(2,3)18-11-14-26(15-18)20(28)31-25(9,10)13-12-24(7,8)19-16-27(17-19)21(29)30-23(4,5)6/h18-19H,11-17H2,1-10H3/t18-/m0/s1. The zero-order valence-corrected chi connectivity index (χ0v) is 21.6. The third-order valence-electron chi connectivity index (χ3n) is 7.04. The Morgan fingerprint density at radius 3 is 1.74 bits per heavy atom. The number of hydrogen-bond acceptors (Lipinski definition) is 4. The van der Waals surface area contributed by atoms with Gasteiger partial charge in [0.25, 0.3) is 0 Å². The third-order valence-corrected chi connectivity index (χ3v) is 7.04. The minimum absolute atomic E-state index is 0.0627. The number of ether oxygens (including phenoxy) is 2. The summed E-state index contributed by atoms with van der Waals surface area (Å²) in [6.07, 6.45) is 2.36. The van der Waals surface area contributed by atoms with Gasteiger partial charge in [0.2, 0.25) is 0 Å². The lowest BCUT2D eigenvalue weighted by atomic mass is 9.70. The molecule has 0 unspecified atom stereocenters. The van der Waals surface area contributed by atoms with Crippen molar-refractivity contribution in [1.29, 1.82) is 0 Å². The summed E-state index contributed by atoms with van der Waals surface area (Å²) in [4.78, 5) is 28.6. The zero-order valence-electron chi connectivity index (χ0n) is 21.6. The highest BCUT2D eigenvalue weighted by molar-refractivity contribution is 5.69. The van der Waals surface area contributed by atoms with Crippen LogP contribution in [0.2, 0.25) is 0 Å². The van der Waals surface area contributed by atoms with Gasteiger partial charge in [-0.15, -0.1) is 0 Å². The molecule has 0 aromatic rings. The Morgan fingerprint density at radius 1 is 0.742 bits per heavy atom. The smallest absolute Gasteiger partial charge is 0.410 e. The molecule has 2 fully saturated rings. The minimum Gasteiger partial charge on any atom is -0.444 e. The van der Waals surface area contributed by atoms with Crippen molar-refractivity contribution in [3.63, 3.8) is 0 Å². The number of carbonyl (C=O) groups is 2. The van der Waals surface area contributed by atoms with Crippen molar-refractivity contribution in [3.05, 3.63) is 0 Å². The molecule has 2 saturated heterocycles. The summed E-state index contributed by atoms with van der Waals surface area (Å²) in [6, 6.07) is 0. The Kier molecular flexibility index (Phi) is 7.34. The average molecular weight is 439 g/mol. The minimum atomic E-state index is -0.511. The molecular weight excluding hydrogens is 392 g/mol. The molecule has 180 valence electrons. The molecule has 2 aliphatic rings. The van der Waals surface area contributed by atoms with E-state index in [2.05, 4.69) is 34.6 Å². The summed E-state index contributed by atoms with van der Waals surface area (Å²) < 4.78 is 11.4. The van der Waals surface area contributed by atoms with E-state index >= 15 is 0 Å². The Labute approximate surface area is 190 Å². The second-order valence-corrected chi connectivity index (χ2v) is 13.0. The molecule has 0 aliphatic carbocycles. The third kappa shape index (κ3) is 7.28. The first kappa shape index (κ1) is 25.8. The summed E-state index contributed by atoms with van der Waals surface area (Å²) >= 11 is 0. The van der Waals surface area contributed by atoms with Gasteiger partial charge >= 0.3 is 12.2 Å². The Morgan fingerprint density at radius 2 is 1.26 bits per heavy atom. The van der Waals surface area contributed by atoms with Crippen molar-refractivity contribution in [3.8, 4) is 0 Å². The maximum atomic E-state index is 12.7. The molecule has 2 rings (SSSR count). The molecule has 31 heavy (non-hydrogen) atoms. The van der Waals surface area contributed by atoms with Crippen LogP contribution in [0.5, 0.6) is 0 Å². The molecule has 6 heteroatoms. The number of hydrogen-bond donors (Lipinski definition) is 0. The van der Waals surface area contributed by atoms with E-state index in [1.54, 1.807) is 4.90 Å². The van der Waals surface area contributed by atoms with Crippen LogP contribution in [0.1, 0.15) is 88.5 Å². The van der Waals surface area contributed by atoms with Crippen molar-refractivity contribution in [1.82, 2.24) is 9.80 Å². The van der Waals surface area contributed by atoms with E-state index in [1.807, 2.05) is 39.5 Å². The van der Waals surface area contributed by atoms with Crippen LogP contribution in [0.15, 0.2) is 0 Å². The summed E-state index contributed by atoms with van der Waals surface area (Å²) in [7, 11) is 0. The Bertz CT molecular complexity index is 651. The SMILES string of the molecule is CC(C)(C)OC(=O)N1CC(C(C)(C)CCC(C)(C)OC(=O)N2CC[C@H](C(C)(C)C)C2)C1. The van der Waals surface area contributed by atoms with Crippen LogP contribution in [0.3, 0.4) is 0 Å². The molecule has 2 aliphatic heterocycles. The quantitative estimate of drug-likeness (QED) is 0.533. The number of nitrogens with zero attached hydrogens (tertiary/aromatic N) is 2. The van der Waals surface area contributed by atoms with Crippen LogP contribution in [-0.2, 0) is 9.47 Å². The van der Waals surface area contributed by atoms with Crippen molar-refractivity contribution in [2.45, 2.75) is 99.7 Å². The Balaban J connectivity index is 1.79. The van der Waals surface area contributed by atoms with Gasteiger partial charge in [-0.2, -0.15) is 0 Å². The van der Waals surface area contributed by atoms with E-state index in [0.29, 0.717) is 11.8 Å². The van der Waals surface area contributed by atoms with E-state index in [9.17, 15) is 9.59 Å². The summed E-state index contributed by atoms with van der Waals surface area (Å²) in [6.45, 7) is 23.9. The lowest BCUT2D eigenvalue weighted by Crippen LogP contribution is -2.56. The van der Waals surface area contributed by atoms with Gasteiger partial charge < -0.3 is 19.3 Å². The summed E-state index contributed by atoms with van der Waals surface area (Å²) in [5.41, 5.74) is -0.700. The maximum absolute atomic E-state index is 12.7. The molecule has 2 heterocycles. The van der Waals surface area contributed by atoms with Crippen LogP contribution in [0.4, 0.5) is 9.59 Å². The predicted octanol–water partition coefficient (Wildman–Crippen LogP) is 5.94. The zero-order chi connectivity index (χ0) is 23.8. The number of likely N-dealkylation sites (tertiary alicyclic amines) is 2. The van der Waals surface area contributed by atoms with Crippen LogP contribution >= 0.6 is 0 Å². The van der Waals surface area contributed by atoms with Gasteiger partial charge in [0.1, 0.15) is 11.2 Å². The van der Waals surface area contributed by atoms with Crippen molar-refractivity contribution >= 4 is 12.2 Å². The normalized spacial score (nSPS) is 21.2. The van der Waals surface area contributed by atoms with Crippen LogP contribution in [0, 0.1) is 22.7 Å². The fourth-order valence-corrected chi connectivity index (χ4v) is 4.26. The summed E-state index contributed by atoms with van der Waals surface area (Å²) in [5, 5.41) is 0. The molecule has 0 N–H and O–H groups in total. The summed E-state index contributed by atoms with van der Waals surface area (Å²) in [5.74, 6) is 0.950. The molecule has 6 nitrogen and oxygen atoms in total. The van der Waals surface area contributed by atoms with E-state index in [0.717, 1.165) is 45.4 Å². The van der Waals surface area contributed by atoms with Gasteiger partial charge in [0.05, 0.1) is 0 Å². The number of carbonyl (C=O) groups excluding carboxylic acids is 2. The monoisotopic (exact) mass is 438 g/mol. The Hall–Kier alpha value is -1.46. The van der Waals surface area contributed by atoms with Gasteiger partial charge in [-0.3, -0.25) is 0 Å². The average Bonchev–Trinajstić information content (AvgIpc) is 2.99. The lowest BCUT2D eigenvalue weighted by molar-refractivity contribution is -0.0371. The highest BCUT2D eigenvalue weighted by Crippen LogP contribution is 2.40. The highest BCUT2D eigenvalue weighted by Gasteiger charge is 2.43. The second kappa shape index (κ2) is 8.82. The highest BCUT2D eigenvalue weighted by atomic mass is 16.6. The first-order valence-electron chi connectivity index (χ1n) is 11.9. The molecule has 0 bridgehead atoms. The molecule has 0 aromatic carbocycles. The number of rotatable bonds is 5. The maximum Gasteiger partial charge on any atom is 0.410 e. The van der Waals surface area contributed by atoms with Gasteiger partial charge in [-0.25, -0.2) is 9.59 Å². The van der Waals surface area contributed by atoms with Crippen molar-refractivity contribution in [2.75, 3.05) is 26.2 Å². The lowest BCUT2D eigenvalue weighted by Gasteiger charge is -2.48. The first-order valence-corrected chi connectivity index (χ1v) is 11.9. The second-order valence-electron chi connectivity index (χ2n) is 13.0. The van der Waals surface area contributed by atoms with E-state index in [-0.39, 0.29) is 23.0 Å². The van der Waals surface area contributed by atoms with Gasteiger partial charge in [0.15, 0.2) is 0 Å². The fourth-order valence-electron chi connectivity index (χ4n) is 4.26.